The summed E-state index contributed by atoms with van der Waals surface area (Å²) in [6.07, 6.45) is 6.00. The van der Waals surface area contributed by atoms with Gasteiger partial charge in [0, 0.05) is 0 Å². The van der Waals surface area contributed by atoms with E-state index < -0.39 is 11.9 Å². The Balaban J connectivity index is 0. The number of aliphatic carboxylic acids is 2. The summed E-state index contributed by atoms with van der Waals surface area (Å²) in [5, 5.41) is 19.0. The van der Waals surface area contributed by atoms with Crippen molar-refractivity contribution < 1.29 is 19.8 Å². The van der Waals surface area contributed by atoms with Gasteiger partial charge in [-0.25, -0.2) is 0 Å². The van der Waals surface area contributed by atoms with Gasteiger partial charge in [0.2, 0.25) is 0 Å². The molecule has 1 saturated carbocycles. The molecular formula is C12H18O4-2. The van der Waals surface area contributed by atoms with Gasteiger partial charge < -0.3 is 19.8 Å². The zero-order valence-corrected chi connectivity index (χ0v) is 9.88. The molecule has 4 nitrogen and oxygen atoms in total. The zero-order valence-electron chi connectivity index (χ0n) is 9.88. The summed E-state index contributed by atoms with van der Waals surface area (Å²) >= 11 is 0. The Morgan fingerprint density at radius 2 is 0.938 bits per heavy atom. The molecule has 0 aromatic rings. The molecule has 0 N–H and O–H groups in total. The molecule has 0 aromatic heterocycles. The van der Waals surface area contributed by atoms with Crippen molar-refractivity contribution in [3.63, 3.8) is 0 Å². The molecule has 1 fully saturated rings. The van der Waals surface area contributed by atoms with Gasteiger partial charge in [-0.1, -0.05) is 38.8 Å². The molecule has 0 spiro atoms. The average molecular weight is 226 g/mol. The van der Waals surface area contributed by atoms with Crippen molar-refractivity contribution in [2.24, 2.45) is 0 Å². The molecule has 0 unspecified atom stereocenters. The maximum atomic E-state index is 9.49. The van der Waals surface area contributed by atoms with Crippen LogP contribution < -0.4 is 10.2 Å². The lowest BCUT2D eigenvalue weighted by Crippen LogP contribution is -2.22. The van der Waals surface area contributed by atoms with Gasteiger partial charge in [0.1, 0.15) is 0 Å². The van der Waals surface area contributed by atoms with Crippen LogP contribution in [0.25, 0.3) is 0 Å². The van der Waals surface area contributed by atoms with E-state index in [1.54, 1.807) is 0 Å². The Morgan fingerprint density at radius 3 is 0.938 bits per heavy atom. The van der Waals surface area contributed by atoms with Crippen LogP contribution in [0.15, 0.2) is 24.3 Å². The molecule has 1 rings (SSSR count). The van der Waals surface area contributed by atoms with Crippen LogP contribution in [0.5, 0.6) is 0 Å². The van der Waals surface area contributed by atoms with Crippen LogP contribution in [0.2, 0.25) is 0 Å². The number of hydrogen-bond donors (Lipinski definition) is 0. The fourth-order valence-corrected chi connectivity index (χ4v) is 0.250. The third-order valence-electron chi connectivity index (χ3n) is 1.70. The van der Waals surface area contributed by atoms with Crippen molar-refractivity contribution in [3.05, 3.63) is 24.3 Å². The van der Waals surface area contributed by atoms with E-state index in [1.807, 2.05) is 0 Å². The molecule has 1 aliphatic rings. The van der Waals surface area contributed by atoms with E-state index in [2.05, 4.69) is 13.2 Å². The van der Waals surface area contributed by atoms with Crippen molar-refractivity contribution in [2.75, 3.05) is 0 Å². The van der Waals surface area contributed by atoms with E-state index in [0.29, 0.717) is 0 Å². The topological polar surface area (TPSA) is 80.3 Å². The number of rotatable bonds is 2. The summed E-state index contributed by atoms with van der Waals surface area (Å²) in [6.45, 7) is 8.95. The van der Waals surface area contributed by atoms with E-state index in [1.165, 1.54) is 39.5 Å². The Hall–Kier alpha value is -1.58. The monoisotopic (exact) mass is 226 g/mol. The highest BCUT2D eigenvalue weighted by molar-refractivity contribution is 5.83. The van der Waals surface area contributed by atoms with Gasteiger partial charge >= 0.3 is 0 Å². The van der Waals surface area contributed by atoms with Crippen LogP contribution >= 0.6 is 0 Å². The van der Waals surface area contributed by atoms with Crippen LogP contribution in [0.4, 0.5) is 0 Å². The molecule has 0 heterocycles. The molecule has 0 bridgehead atoms. The normalized spacial score (nSPS) is 11.6. The smallest absolute Gasteiger partial charge is 0.0666 e. The summed E-state index contributed by atoms with van der Waals surface area (Å²) < 4.78 is 0. The van der Waals surface area contributed by atoms with Crippen molar-refractivity contribution in [1.29, 1.82) is 0 Å². The first-order chi connectivity index (χ1) is 7.29. The fourth-order valence-electron chi connectivity index (χ4n) is 0.250. The number of hydrogen-bond acceptors (Lipinski definition) is 4. The minimum absolute atomic E-state index is 0.0648. The Morgan fingerprint density at radius 1 is 0.812 bits per heavy atom. The second kappa shape index (κ2) is 9.96. The SMILES string of the molecule is C1CCC1.C=C(C)C(=O)[O-].C=C(C)C(=O)[O-]. The van der Waals surface area contributed by atoms with Crippen molar-refractivity contribution in [2.45, 2.75) is 39.5 Å². The first kappa shape index (κ1) is 16.8. The third-order valence-corrected chi connectivity index (χ3v) is 1.70. The summed E-state index contributed by atoms with van der Waals surface area (Å²) in [7, 11) is 0. The predicted octanol–water partition coefficient (Wildman–Crippen LogP) is 0.185. The van der Waals surface area contributed by atoms with Gasteiger partial charge in [-0.2, -0.15) is 0 Å². The average Bonchev–Trinajstić information content (AvgIpc) is 2.01. The molecule has 1 aliphatic carbocycles. The first-order valence-corrected chi connectivity index (χ1v) is 5.02. The van der Waals surface area contributed by atoms with E-state index in [-0.39, 0.29) is 11.1 Å². The molecule has 0 radical (unpaired) electrons. The Kier molecular flexibility index (Phi) is 10.5. The molecule has 0 amide bonds. The molecule has 92 valence electrons. The summed E-state index contributed by atoms with van der Waals surface area (Å²) in [5.74, 6) is -2.37. The highest BCUT2D eigenvalue weighted by Gasteiger charge is 1.95. The highest BCUT2D eigenvalue weighted by Crippen LogP contribution is 2.15. The lowest BCUT2D eigenvalue weighted by molar-refractivity contribution is -0.300. The molecule has 0 atom stereocenters. The number of carbonyl (C=O) groups excluding carboxylic acids is 2. The van der Waals surface area contributed by atoms with Crippen molar-refractivity contribution >= 4 is 11.9 Å². The van der Waals surface area contributed by atoms with Crippen LogP contribution in [0.3, 0.4) is 0 Å². The zero-order chi connectivity index (χ0) is 13.1. The maximum Gasteiger partial charge on any atom is 0.0666 e. The minimum Gasteiger partial charge on any atom is -0.545 e. The Labute approximate surface area is 96.3 Å². The van der Waals surface area contributed by atoms with Gasteiger partial charge in [0.25, 0.3) is 0 Å². The van der Waals surface area contributed by atoms with E-state index in [4.69, 9.17) is 0 Å². The molecule has 0 aromatic carbocycles. The Bertz CT molecular complexity index is 210. The van der Waals surface area contributed by atoms with Gasteiger partial charge in [0.05, 0.1) is 11.9 Å². The van der Waals surface area contributed by atoms with Gasteiger partial charge in [-0.15, -0.1) is 0 Å². The summed E-state index contributed by atoms with van der Waals surface area (Å²) in [5.41, 5.74) is 0.130. The van der Waals surface area contributed by atoms with E-state index in [0.717, 1.165) is 0 Å². The molecule has 16 heavy (non-hydrogen) atoms. The van der Waals surface area contributed by atoms with Crippen LogP contribution in [-0.2, 0) is 9.59 Å². The molecule has 0 saturated heterocycles. The lowest BCUT2D eigenvalue weighted by Gasteiger charge is -2.05. The highest BCUT2D eigenvalue weighted by atomic mass is 16.4. The lowest BCUT2D eigenvalue weighted by atomic mass is 10.0. The van der Waals surface area contributed by atoms with Crippen molar-refractivity contribution in [3.8, 4) is 0 Å². The second-order valence-corrected chi connectivity index (χ2v) is 3.55. The fraction of sp³-hybridized carbons (Fsp3) is 0.500. The first-order valence-electron chi connectivity index (χ1n) is 5.02. The number of carboxylic acid groups (broad SMARTS) is 2. The maximum absolute atomic E-state index is 9.49. The predicted molar refractivity (Wildman–Crippen MR) is 58.1 cm³/mol. The quantitative estimate of drug-likeness (QED) is 0.629. The summed E-state index contributed by atoms with van der Waals surface area (Å²) in [4.78, 5) is 19.0. The number of carboxylic acids is 2. The minimum atomic E-state index is -1.19. The third kappa shape index (κ3) is 14.9. The van der Waals surface area contributed by atoms with Gasteiger partial charge in [0.15, 0.2) is 0 Å². The van der Waals surface area contributed by atoms with Crippen LogP contribution in [0.1, 0.15) is 39.5 Å². The second-order valence-electron chi connectivity index (χ2n) is 3.55. The number of carbonyl (C=O) groups is 2. The van der Waals surface area contributed by atoms with E-state index in [9.17, 15) is 19.8 Å². The molecular weight excluding hydrogens is 208 g/mol. The summed E-state index contributed by atoms with van der Waals surface area (Å²) in [6, 6.07) is 0. The van der Waals surface area contributed by atoms with Crippen LogP contribution in [0, 0.1) is 0 Å². The van der Waals surface area contributed by atoms with Gasteiger partial charge in [-0.3, -0.25) is 0 Å². The van der Waals surface area contributed by atoms with Crippen molar-refractivity contribution in [1.82, 2.24) is 0 Å². The standard InChI is InChI=1S/2C4H6O2.C4H8/c2*1-3(2)4(5)6;1-2-4-3-1/h2*1H2,2H3,(H,5,6);1-4H2/p-2. The molecule has 0 aliphatic heterocycles. The van der Waals surface area contributed by atoms with Gasteiger partial charge in [-0.05, 0) is 25.0 Å². The molecule has 4 heteroatoms. The largest absolute Gasteiger partial charge is 0.545 e. The van der Waals surface area contributed by atoms with Crippen LogP contribution in [-0.4, -0.2) is 11.9 Å². The van der Waals surface area contributed by atoms with E-state index >= 15 is 0 Å².